The molecule has 3 fully saturated rings. The second kappa shape index (κ2) is 8.39. The molecular weight excluding hydrogens is 575 g/mol. The number of piperidine rings is 1. The number of hydrogen-bond donors (Lipinski definition) is 1. The Labute approximate surface area is 223 Å². The summed E-state index contributed by atoms with van der Waals surface area (Å²) in [5, 5.41) is 3.04. The third kappa shape index (κ3) is 4.00. The van der Waals surface area contributed by atoms with Crippen molar-refractivity contribution in [2.45, 2.75) is 62.7 Å². The Bertz CT molecular complexity index is 1240. The van der Waals surface area contributed by atoms with E-state index in [-0.39, 0.29) is 37.5 Å². The maximum Gasteiger partial charge on any atom is 0.257 e. The fourth-order valence-electron chi connectivity index (χ4n) is 6.42. The minimum absolute atomic E-state index is 0.116. The van der Waals surface area contributed by atoms with Crippen LogP contribution in [0.4, 0.5) is 25.8 Å². The van der Waals surface area contributed by atoms with Crippen LogP contribution in [-0.4, -0.2) is 37.9 Å². The lowest BCUT2D eigenvalue weighted by Gasteiger charge is -2.36. The second-order valence-electron chi connectivity index (χ2n) is 11.1. The maximum absolute atomic E-state index is 14.0. The van der Waals surface area contributed by atoms with Crippen molar-refractivity contribution in [2.75, 3.05) is 35.3 Å². The first kappa shape index (κ1) is 24.1. The molecule has 0 atom stereocenters. The second-order valence-corrected chi connectivity index (χ2v) is 12.4. The number of carbonyl (C=O) groups excluding carboxylic acids is 2. The van der Waals surface area contributed by atoms with E-state index >= 15 is 0 Å². The molecule has 0 bridgehead atoms. The van der Waals surface area contributed by atoms with Gasteiger partial charge in [0.1, 0.15) is 0 Å². The van der Waals surface area contributed by atoms with Gasteiger partial charge >= 0.3 is 0 Å². The zero-order chi connectivity index (χ0) is 25.3. The molecule has 2 saturated carbocycles. The van der Waals surface area contributed by atoms with Gasteiger partial charge in [-0.15, -0.1) is 0 Å². The molecule has 6 rings (SSSR count). The van der Waals surface area contributed by atoms with E-state index in [1.54, 1.807) is 18.0 Å². The van der Waals surface area contributed by atoms with Crippen molar-refractivity contribution < 1.29 is 18.4 Å². The standard InChI is InChI=1S/C28H30F2IN3O2/c1-33-22-5-3-19(17-21(22)27(25(33)36)8-10-28(29,30)11-9-27)32-24(35)20-4-2-18(31)16-23(20)34-14-12-26(6-7-26)13-15-34/h2-5,16-17H,6-15H2,1H3,(H,32,35). The summed E-state index contributed by atoms with van der Waals surface area (Å²) in [6.45, 7) is 1.92. The average Bonchev–Trinajstić information content (AvgIpc) is 3.58. The molecule has 2 aliphatic carbocycles. The minimum Gasteiger partial charge on any atom is -0.371 e. The Balaban J connectivity index is 1.27. The highest BCUT2D eigenvalue weighted by molar-refractivity contribution is 14.1. The number of alkyl halides is 2. The van der Waals surface area contributed by atoms with E-state index in [2.05, 4.69) is 38.9 Å². The summed E-state index contributed by atoms with van der Waals surface area (Å²) in [5.74, 6) is -3.06. The molecule has 2 spiro atoms. The lowest BCUT2D eigenvalue weighted by atomic mass is 9.69. The van der Waals surface area contributed by atoms with Crippen molar-refractivity contribution in [3.05, 3.63) is 51.1 Å². The highest BCUT2D eigenvalue weighted by Gasteiger charge is 2.54. The first-order chi connectivity index (χ1) is 17.1. The highest BCUT2D eigenvalue weighted by Crippen LogP contribution is 2.55. The lowest BCUT2D eigenvalue weighted by molar-refractivity contribution is -0.127. The summed E-state index contributed by atoms with van der Waals surface area (Å²) in [7, 11) is 1.70. The molecule has 2 aromatic carbocycles. The van der Waals surface area contributed by atoms with Gasteiger partial charge in [-0.1, -0.05) is 0 Å². The number of benzene rings is 2. The van der Waals surface area contributed by atoms with Crippen molar-refractivity contribution in [1.82, 2.24) is 0 Å². The molecule has 5 nitrogen and oxygen atoms in total. The Morgan fingerprint density at radius 1 is 0.917 bits per heavy atom. The molecule has 1 saturated heterocycles. The topological polar surface area (TPSA) is 52.7 Å². The van der Waals surface area contributed by atoms with Gasteiger partial charge in [0.15, 0.2) is 0 Å². The van der Waals surface area contributed by atoms with Gasteiger partial charge < -0.3 is 15.1 Å². The van der Waals surface area contributed by atoms with Gasteiger partial charge in [0.2, 0.25) is 11.8 Å². The average molecular weight is 605 g/mol. The number of fused-ring (bicyclic) bond motifs is 2. The summed E-state index contributed by atoms with van der Waals surface area (Å²) >= 11 is 2.28. The van der Waals surface area contributed by atoms with E-state index < -0.39 is 11.3 Å². The van der Waals surface area contributed by atoms with Crippen molar-refractivity contribution in [3.8, 4) is 0 Å². The predicted molar refractivity (Wildman–Crippen MR) is 145 cm³/mol. The molecular formula is C28H30F2IN3O2. The van der Waals surface area contributed by atoms with E-state index in [1.807, 2.05) is 24.3 Å². The maximum atomic E-state index is 14.0. The van der Waals surface area contributed by atoms with Crippen molar-refractivity contribution in [3.63, 3.8) is 0 Å². The number of carbonyl (C=O) groups is 2. The number of nitrogens with one attached hydrogen (secondary N) is 1. The summed E-state index contributed by atoms with van der Waals surface area (Å²) in [6, 6.07) is 11.3. The van der Waals surface area contributed by atoms with Gasteiger partial charge in [0.25, 0.3) is 5.91 Å². The molecule has 8 heteroatoms. The monoisotopic (exact) mass is 605 g/mol. The van der Waals surface area contributed by atoms with Crippen LogP contribution in [0.25, 0.3) is 0 Å². The number of halogens is 3. The molecule has 4 aliphatic rings. The SMILES string of the molecule is CN1C(=O)C2(CCC(F)(F)CC2)c2cc(NC(=O)c3ccc(I)cc3N3CCC4(CC3)CC4)ccc21. The Hall–Kier alpha value is -2.23. The summed E-state index contributed by atoms with van der Waals surface area (Å²) in [4.78, 5) is 30.6. The molecule has 2 aliphatic heterocycles. The molecule has 0 radical (unpaired) electrons. The third-order valence-electron chi connectivity index (χ3n) is 9.01. The van der Waals surface area contributed by atoms with E-state index in [0.717, 1.165) is 33.6 Å². The molecule has 190 valence electrons. The zero-order valence-corrected chi connectivity index (χ0v) is 22.5. The van der Waals surface area contributed by atoms with Crippen LogP contribution < -0.4 is 15.1 Å². The Kier molecular flexibility index (Phi) is 5.63. The fraction of sp³-hybridized carbons (Fsp3) is 0.500. The van der Waals surface area contributed by atoms with Crippen LogP contribution in [-0.2, 0) is 10.2 Å². The van der Waals surface area contributed by atoms with Crippen LogP contribution >= 0.6 is 22.6 Å². The number of nitrogens with zero attached hydrogens (tertiary/aromatic N) is 2. The summed E-state index contributed by atoms with van der Waals surface area (Å²) < 4.78 is 29.0. The van der Waals surface area contributed by atoms with Crippen molar-refractivity contribution >= 4 is 51.5 Å². The van der Waals surface area contributed by atoms with E-state index in [9.17, 15) is 18.4 Å². The van der Waals surface area contributed by atoms with Crippen LogP contribution in [0.5, 0.6) is 0 Å². The fourth-order valence-corrected chi connectivity index (χ4v) is 6.89. The quantitative estimate of drug-likeness (QED) is 0.416. The molecule has 2 amide bonds. The van der Waals surface area contributed by atoms with E-state index in [0.29, 0.717) is 16.7 Å². The largest absolute Gasteiger partial charge is 0.371 e. The van der Waals surface area contributed by atoms with Crippen molar-refractivity contribution in [1.29, 1.82) is 0 Å². The number of amides is 2. The van der Waals surface area contributed by atoms with Crippen LogP contribution in [0.15, 0.2) is 36.4 Å². The van der Waals surface area contributed by atoms with Crippen LogP contribution in [0.2, 0.25) is 0 Å². The smallest absolute Gasteiger partial charge is 0.257 e. The molecule has 0 unspecified atom stereocenters. The summed E-state index contributed by atoms with van der Waals surface area (Å²) in [5.41, 5.74) is 3.26. The molecule has 2 aromatic rings. The predicted octanol–water partition coefficient (Wildman–Crippen LogP) is 6.35. The van der Waals surface area contributed by atoms with Crippen LogP contribution in [0.1, 0.15) is 67.3 Å². The van der Waals surface area contributed by atoms with Crippen LogP contribution in [0, 0.1) is 8.99 Å². The van der Waals surface area contributed by atoms with E-state index in [4.69, 9.17) is 0 Å². The van der Waals surface area contributed by atoms with Gasteiger partial charge in [0.05, 0.1) is 16.7 Å². The highest BCUT2D eigenvalue weighted by atomic mass is 127. The third-order valence-corrected chi connectivity index (χ3v) is 9.68. The molecule has 1 N–H and O–H groups in total. The minimum atomic E-state index is -2.73. The number of anilines is 3. The molecule has 36 heavy (non-hydrogen) atoms. The van der Waals surface area contributed by atoms with Gasteiger partial charge in [-0.3, -0.25) is 9.59 Å². The van der Waals surface area contributed by atoms with Gasteiger partial charge in [-0.25, -0.2) is 8.78 Å². The van der Waals surface area contributed by atoms with Gasteiger partial charge in [-0.2, -0.15) is 0 Å². The zero-order valence-electron chi connectivity index (χ0n) is 20.4. The van der Waals surface area contributed by atoms with Gasteiger partial charge in [0, 0.05) is 47.9 Å². The van der Waals surface area contributed by atoms with E-state index in [1.165, 1.54) is 25.7 Å². The first-order valence-electron chi connectivity index (χ1n) is 12.8. The van der Waals surface area contributed by atoms with Crippen molar-refractivity contribution in [2.24, 2.45) is 5.41 Å². The number of likely N-dealkylation sites (N-methyl/N-ethyl adjacent to an activating group) is 1. The number of rotatable bonds is 3. The first-order valence-corrected chi connectivity index (χ1v) is 13.9. The normalized spacial score (nSPS) is 23.2. The summed E-state index contributed by atoms with van der Waals surface area (Å²) in [6.07, 6.45) is 4.64. The lowest BCUT2D eigenvalue weighted by Crippen LogP contribution is -2.44. The number of hydrogen-bond acceptors (Lipinski definition) is 3. The van der Waals surface area contributed by atoms with Crippen LogP contribution in [0.3, 0.4) is 0 Å². The Morgan fingerprint density at radius 2 is 1.61 bits per heavy atom. The van der Waals surface area contributed by atoms with Gasteiger partial charge in [-0.05, 0) is 108 Å². The Morgan fingerprint density at radius 3 is 2.28 bits per heavy atom. The molecule has 0 aromatic heterocycles. The molecule has 2 heterocycles.